The first-order chi connectivity index (χ1) is 17.5. The predicted molar refractivity (Wildman–Crippen MR) is 142 cm³/mol. The smallest absolute Gasteiger partial charge is 0.187 e. The number of hydrogen-bond donors (Lipinski definition) is 0. The van der Waals surface area contributed by atoms with Gasteiger partial charge in [-0.3, -0.25) is 9.69 Å². The third-order valence-corrected chi connectivity index (χ3v) is 6.16. The summed E-state index contributed by atoms with van der Waals surface area (Å²) in [6.07, 6.45) is 3.83. The van der Waals surface area contributed by atoms with Gasteiger partial charge in [0.25, 0.3) is 0 Å². The summed E-state index contributed by atoms with van der Waals surface area (Å²) < 4.78 is 21.8. The Balaban J connectivity index is 1.74. The fourth-order valence-corrected chi connectivity index (χ4v) is 4.31. The summed E-state index contributed by atoms with van der Waals surface area (Å²) in [5.41, 5.74) is 4.22. The molecule has 0 bridgehead atoms. The molecule has 36 heavy (non-hydrogen) atoms. The van der Waals surface area contributed by atoms with Gasteiger partial charge in [0, 0.05) is 54.0 Å². The molecule has 0 spiro atoms. The molecule has 1 fully saturated rings. The number of likely N-dealkylation sites (tertiary alicyclic amines) is 1. The Hall–Kier alpha value is -4.03. The van der Waals surface area contributed by atoms with Crippen LogP contribution in [0.15, 0.2) is 77.9 Å². The molecule has 6 nitrogen and oxygen atoms in total. The van der Waals surface area contributed by atoms with Gasteiger partial charge in [0.1, 0.15) is 23.0 Å². The molecule has 0 aromatic heterocycles. The number of benzene rings is 3. The second-order valence-electron chi connectivity index (χ2n) is 8.51. The monoisotopic (exact) mass is 485 g/mol. The second-order valence-corrected chi connectivity index (χ2v) is 8.51. The average molecular weight is 486 g/mol. The topological polar surface area (TPSA) is 57.2 Å². The molecule has 0 aliphatic carbocycles. The standard InChI is InChI=1S/C30H31NO5/c1-33-26-12-10-22(28(16-26)35-3)14-24-19-31(18-21-8-6-5-7-9-21)20-25(30(24)32)15-23-11-13-27(34-2)17-29(23)36-4/h5-17H,18-20H2,1-4H3/b24-14-,25-15+. The van der Waals surface area contributed by atoms with Crippen LogP contribution in [-0.2, 0) is 11.3 Å². The van der Waals surface area contributed by atoms with Crippen LogP contribution in [0.4, 0.5) is 0 Å². The molecule has 0 atom stereocenters. The number of piperidine rings is 1. The molecule has 0 N–H and O–H groups in total. The van der Waals surface area contributed by atoms with Crippen molar-refractivity contribution in [3.8, 4) is 23.0 Å². The van der Waals surface area contributed by atoms with E-state index >= 15 is 0 Å². The first-order valence-corrected chi connectivity index (χ1v) is 11.7. The molecule has 3 aromatic carbocycles. The number of carbonyl (C=O) groups excluding carboxylic acids is 1. The maximum Gasteiger partial charge on any atom is 0.187 e. The average Bonchev–Trinajstić information content (AvgIpc) is 2.92. The van der Waals surface area contributed by atoms with E-state index in [2.05, 4.69) is 17.0 Å². The van der Waals surface area contributed by atoms with Crippen LogP contribution in [0.3, 0.4) is 0 Å². The van der Waals surface area contributed by atoms with Gasteiger partial charge in [0.15, 0.2) is 5.78 Å². The van der Waals surface area contributed by atoms with E-state index in [0.29, 0.717) is 47.2 Å². The molecule has 3 aromatic rings. The fraction of sp³-hybridized carbons (Fsp3) is 0.233. The lowest BCUT2D eigenvalue weighted by Crippen LogP contribution is -2.37. The third kappa shape index (κ3) is 5.78. The quantitative estimate of drug-likeness (QED) is 0.405. The number of carbonyl (C=O) groups is 1. The third-order valence-electron chi connectivity index (χ3n) is 6.16. The van der Waals surface area contributed by atoms with Crippen molar-refractivity contribution < 1.29 is 23.7 Å². The van der Waals surface area contributed by atoms with Crippen LogP contribution in [-0.4, -0.2) is 52.2 Å². The molecule has 1 heterocycles. The van der Waals surface area contributed by atoms with Gasteiger partial charge in [-0.05, 0) is 42.0 Å². The van der Waals surface area contributed by atoms with Gasteiger partial charge in [-0.2, -0.15) is 0 Å². The van der Waals surface area contributed by atoms with Crippen LogP contribution in [0.1, 0.15) is 16.7 Å². The highest BCUT2D eigenvalue weighted by molar-refractivity contribution is 6.14. The van der Waals surface area contributed by atoms with Crippen molar-refractivity contribution in [2.75, 3.05) is 41.5 Å². The van der Waals surface area contributed by atoms with E-state index in [9.17, 15) is 4.79 Å². The van der Waals surface area contributed by atoms with Crippen LogP contribution in [0.25, 0.3) is 12.2 Å². The number of hydrogen-bond acceptors (Lipinski definition) is 6. The zero-order valence-corrected chi connectivity index (χ0v) is 21.1. The summed E-state index contributed by atoms with van der Waals surface area (Å²) in [4.78, 5) is 15.9. The molecule has 0 radical (unpaired) electrons. The largest absolute Gasteiger partial charge is 0.497 e. The minimum atomic E-state index is 0.00931. The highest BCUT2D eigenvalue weighted by atomic mass is 16.5. The van der Waals surface area contributed by atoms with Gasteiger partial charge in [0.05, 0.1) is 28.4 Å². The van der Waals surface area contributed by atoms with E-state index in [4.69, 9.17) is 18.9 Å². The molecule has 1 aliphatic rings. The number of rotatable bonds is 8. The summed E-state index contributed by atoms with van der Waals surface area (Å²) >= 11 is 0. The normalized spacial score (nSPS) is 16.3. The van der Waals surface area contributed by atoms with Crippen molar-refractivity contribution in [2.45, 2.75) is 6.54 Å². The first kappa shape index (κ1) is 25.1. The maximum atomic E-state index is 13.7. The molecule has 1 saturated heterocycles. The Morgan fingerprint density at radius 1 is 0.694 bits per heavy atom. The number of ether oxygens (including phenoxy) is 4. The highest BCUT2D eigenvalue weighted by Crippen LogP contribution is 2.31. The van der Waals surface area contributed by atoms with E-state index in [1.807, 2.05) is 66.7 Å². The Morgan fingerprint density at radius 2 is 1.19 bits per heavy atom. The molecule has 4 rings (SSSR count). The summed E-state index contributed by atoms with van der Waals surface area (Å²) in [6.45, 7) is 1.78. The molecular weight excluding hydrogens is 454 g/mol. The van der Waals surface area contributed by atoms with E-state index in [-0.39, 0.29) is 5.78 Å². The SMILES string of the molecule is COc1ccc(/C=C2/CN(Cc3ccccc3)C/C(=C\c3ccc(OC)cc3OC)C2=O)c(OC)c1. The van der Waals surface area contributed by atoms with Gasteiger partial charge in [0.2, 0.25) is 0 Å². The number of ketones is 1. The lowest BCUT2D eigenvalue weighted by Gasteiger charge is -2.30. The second kappa shape index (κ2) is 11.6. The minimum absolute atomic E-state index is 0.00931. The molecule has 186 valence electrons. The van der Waals surface area contributed by atoms with Crippen LogP contribution in [0, 0.1) is 0 Å². The van der Waals surface area contributed by atoms with Crippen LogP contribution < -0.4 is 18.9 Å². The van der Waals surface area contributed by atoms with E-state index < -0.39 is 0 Å². The van der Waals surface area contributed by atoms with E-state index in [1.165, 1.54) is 5.56 Å². The van der Waals surface area contributed by atoms with Crippen LogP contribution >= 0.6 is 0 Å². The maximum absolute atomic E-state index is 13.7. The van der Waals surface area contributed by atoms with Crippen LogP contribution in [0.2, 0.25) is 0 Å². The fourth-order valence-electron chi connectivity index (χ4n) is 4.31. The van der Waals surface area contributed by atoms with Crippen LogP contribution in [0.5, 0.6) is 23.0 Å². The first-order valence-electron chi connectivity index (χ1n) is 11.7. The summed E-state index contributed by atoms with van der Waals surface area (Å²) in [6, 6.07) is 21.4. The molecule has 0 amide bonds. The number of methoxy groups -OCH3 is 4. The summed E-state index contributed by atoms with van der Waals surface area (Å²) in [5, 5.41) is 0. The lowest BCUT2D eigenvalue weighted by molar-refractivity contribution is -0.113. The summed E-state index contributed by atoms with van der Waals surface area (Å²) in [5.74, 6) is 2.70. The molecule has 0 unspecified atom stereocenters. The lowest BCUT2D eigenvalue weighted by atomic mass is 9.93. The molecule has 1 aliphatic heterocycles. The van der Waals surface area contributed by atoms with Gasteiger partial charge in [-0.15, -0.1) is 0 Å². The van der Waals surface area contributed by atoms with Crippen molar-refractivity contribution in [2.24, 2.45) is 0 Å². The van der Waals surface area contributed by atoms with E-state index in [1.54, 1.807) is 28.4 Å². The van der Waals surface area contributed by atoms with Gasteiger partial charge >= 0.3 is 0 Å². The Kier molecular flexibility index (Phi) is 8.08. The van der Waals surface area contributed by atoms with Crippen molar-refractivity contribution >= 4 is 17.9 Å². The molecule has 0 saturated carbocycles. The number of Topliss-reactive ketones (excluding diaryl/α,β-unsaturated/α-hetero) is 1. The summed E-state index contributed by atoms with van der Waals surface area (Å²) in [7, 11) is 6.46. The Bertz CT molecular complexity index is 1200. The van der Waals surface area contributed by atoms with E-state index in [0.717, 1.165) is 17.7 Å². The highest BCUT2D eigenvalue weighted by Gasteiger charge is 2.27. The zero-order chi connectivity index (χ0) is 25.5. The van der Waals surface area contributed by atoms with Crippen molar-refractivity contribution in [3.63, 3.8) is 0 Å². The minimum Gasteiger partial charge on any atom is -0.497 e. The molecule has 6 heteroatoms. The van der Waals surface area contributed by atoms with Gasteiger partial charge < -0.3 is 18.9 Å². The Labute approximate surface area is 212 Å². The van der Waals surface area contributed by atoms with Crippen molar-refractivity contribution in [1.82, 2.24) is 4.90 Å². The van der Waals surface area contributed by atoms with Crippen molar-refractivity contribution in [1.29, 1.82) is 0 Å². The zero-order valence-electron chi connectivity index (χ0n) is 21.1. The van der Waals surface area contributed by atoms with Gasteiger partial charge in [-0.1, -0.05) is 30.3 Å². The van der Waals surface area contributed by atoms with Gasteiger partial charge in [-0.25, -0.2) is 0 Å². The predicted octanol–water partition coefficient (Wildman–Crippen LogP) is 5.27. The molecular formula is C30H31NO5. The van der Waals surface area contributed by atoms with Crippen molar-refractivity contribution in [3.05, 3.63) is 94.6 Å². The Morgan fingerprint density at radius 3 is 1.64 bits per heavy atom. The number of nitrogens with zero attached hydrogens (tertiary/aromatic N) is 1.